The van der Waals surface area contributed by atoms with Gasteiger partial charge in [0.15, 0.2) is 0 Å². The van der Waals surface area contributed by atoms with Crippen molar-refractivity contribution in [2.45, 2.75) is 12.8 Å². The summed E-state index contributed by atoms with van der Waals surface area (Å²) in [6.07, 6.45) is -7.13. The second kappa shape index (κ2) is 7.07. The second-order valence-corrected chi connectivity index (χ2v) is 4.73. The predicted molar refractivity (Wildman–Crippen MR) is 75.1 cm³/mol. The zero-order chi connectivity index (χ0) is 18.6. The van der Waals surface area contributed by atoms with Gasteiger partial charge in [-0.25, -0.2) is 0 Å². The van der Waals surface area contributed by atoms with Crippen molar-refractivity contribution in [1.29, 1.82) is 0 Å². The molecule has 0 aromatic heterocycles. The molecule has 0 saturated carbocycles. The molecule has 10 heteroatoms. The molecule has 0 aliphatic rings. The van der Waals surface area contributed by atoms with Crippen molar-refractivity contribution < 1.29 is 37.5 Å². The molecule has 2 aromatic carbocycles. The molecule has 0 atom stereocenters. The molecule has 0 bridgehead atoms. The van der Waals surface area contributed by atoms with Gasteiger partial charge in [-0.05, 0) is 23.3 Å². The highest BCUT2D eigenvalue weighted by atomic mass is 19.4. The van der Waals surface area contributed by atoms with Crippen molar-refractivity contribution in [3.05, 3.63) is 63.7 Å². The number of rotatable bonds is 5. The molecule has 0 aliphatic carbocycles. The maximum absolute atomic E-state index is 12.5. The van der Waals surface area contributed by atoms with Crippen molar-refractivity contribution in [3.8, 4) is 11.5 Å². The monoisotopic (exact) mass is 356 g/mol. The van der Waals surface area contributed by atoms with Crippen LogP contribution in [0, 0.1) is 10.1 Å². The molecule has 132 valence electrons. The maximum Gasteiger partial charge on any atom is 0.573 e. The van der Waals surface area contributed by atoms with Gasteiger partial charge in [0.2, 0.25) is 0 Å². The second-order valence-electron chi connectivity index (χ2n) is 4.73. The van der Waals surface area contributed by atoms with Crippen LogP contribution in [0.2, 0.25) is 0 Å². The Kier molecular flexibility index (Phi) is 5.11. The average molecular weight is 356 g/mol. The van der Waals surface area contributed by atoms with Gasteiger partial charge in [-0.3, -0.25) is 10.1 Å². The number of para-hydroxylation sites is 1. The fourth-order valence-corrected chi connectivity index (χ4v) is 2.09. The average Bonchev–Trinajstić information content (AvgIpc) is 2.48. The Morgan fingerprint density at radius 1 is 1.08 bits per heavy atom. The van der Waals surface area contributed by atoms with E-state index in [0.29, 0.717) is 0 Å². The quantitative estimate of drug-likeness (QED) is 0.353. The summed E-state index contributed by atoms with van der Waals surface area (Å²) in [5.41, 5.74) is -0.366. The topological polar surface area (TPSA) is 102 Å². The number of nitro benzene ring substituents is 1. The van der Waals surface area contributed by atoms with Crippen molar-refractivity contribution in [2.24, 2.45) is 0 Å². The number of nitrogens with zero attached hydrogens (tertiary/aromatic N) is 1. The Morgan fingerprint density at radius 2 is 1.76 bits per heavy atom. The molecular weight excluding hydrogens is 347 g/mol. The lowest BCUT2D eigenvalue weighted by molar-refractivity contribution is -0.385. The summed E-state index contributed by atoms with van der Waals surface area (Å²) >= 11 is 0. The molecular formula is C15H9F3NO6-. The Morgan fingerprint density at radius 3 is 2.36 bits per heavy atom. The number of alkyl halides is 3. The lowest BCUT2D eigenvalue weighted by Gasteiger charge is -2.16. The van der Waals surface area contributed by atoms with E-state index < -0.39 is 23.2 Å². The molecule has 0 unspecified atom stereocenters. The van der Waals surface area contributed by atoms with E-state index >= 15 is 0 Å². The van der Waals surface area contributed by atoms with Crippen LogP contribution in [-0.4, -0.2) is 17.4 Å². The largest absolute Gasteiger partial charge is 0.573 e. The third-order valence-electron chi connectivity index (χ3n) is 3.03. The van der Waals surface area contributed by atoms with Crippen LogP contribution in [0.15, 0.2) is 42.5 Å². The van der Waals surface area contributed by atoms with Gasteiger partial charge >= 0.3 is 6.36 Å². The Bertz CT molecular complexity index is 806. The van der Waals surface area contributed by atoms with E-state index in [1.165, 1.54) is 18.2 Å². The van der Waals surface area contributed by atoms with Crippen molar-refractivity contribution in [3.63, 3.8) is 0 Å². The highest BCUT2D eigenvalue weighted by Crippen LogP contribution is 2.32. The number of nitro groups is 1. The first-order valence-electron chi connectivity index (χ1n) is 6.65. The van der Waals surface area contributed by atoms with Crippen LogP contribution in [0.5, 0.6) is 11.5 Å². The van der Waals surface area contributed by atoms with Gasteiger partial charge in [0, 0.05) is 18.6 Å². The van der Waals surface area contributed by atoms with Crippen LogP contribution in [0.25, 0.3) is 0 Å². The summed E-state index contributed by atoms with van der Waals surface area (Å²) in [6.45, 7) is 0. The van der Waals surface area contributed by atoms with E-state index in [1.54, 1.807) is 0 Å². The lowest BCUT2D eigenvalue weighted by atomic mass is 10.0. The molecule has 2 rings (SSSR count). The molecule has 0 amide bonds. The van der Waals surface area contributed by atoms with Gasteiger partial charge in [0.05, 0.1) is 10.7 Å². The van der Waals surface area contributed by atoms with Crippen LogP contribution < -0.4 is 14.6 Å². The minimum atomic E-state index is -4.93. The molecule has 0 fully saturated rings. The van der Waals surface area contributed by atoms with E-state index in [4.69, 9.17) is 0 Å². The van der Waals surface area contributed by atoms with Gasteiger partial charge in [-0.15, -0.1) is 13.2 Å². The Labute approximate surface area is 138 Å². The normalized spacial score (nSPS) is 11.0. The fraction of sp³-hybridized carbons (Fsp3) is 0.133. The first-order valence-corrected chi connectivity index (χ1v) is 6.65. The first-order chi connectivity index (χ1) is 11.7. The van der Waals surface area contributed by atoms with E-state index in [9.17, 15) is 33.2 Å². The third kappa shape index (κ3) is 5.09. The third-order valence-corrected chi connectivity index (χ3v) is 3.03. The van der Waals surface area contributed by atoms with Crippen LogP contribution in [0.3, 0.4) is 0 Å². The molecule has 0 saturated heterocycles. The van der Waals surface area contributed by atoms with Crippen molar-refractivity contribution in [2.75, 3.05) is 0 Å². The summed E-state index contributed by atoms with van der Waals surface area (Å²) in [4.78, 5) is 20.7. The molecule has 7 nitrogen and oxygen atoms in total. The zero-order valence-electron chi connectivity index (χ0n) is 12.3. The number of halogens is 3. The standard InChI is InChI=1S/C15H10F3NO6/c16-15(17,18)25-13-4-2-1-3-9(13)7-10-8-11(19(22)23)5-6-12(10)24-14(20)21/h1-6,8H,7H2,(H,20,21)/p-1. The van der Waals surface area contributed by atoms with Crippen LogP contribution in [0.1, 0.15) is 11.1 Å². The number of carbonyl (C=O) groups is 1. The van der Waals surface area contributed by atoms with E-state index in [1.807, 2.05) is 0 Å². The minimum absolute atomic E-state index is 0.0170. The van der Waals surface area contributed by atoms with Gasteiger partial charge in [0.1, 0.15) is 5.75 Å². The van der Waals surface area contributed by atoms with E-state index in [2.05, 4.69) is 9.47 Å². The maximum atomic E-state index is 12.5. The van der Waals surface area contributed by atoms with Crippen molar-refractivity contribution >= 4 is 11.8 Å². The van der Waals surface area contributed by atoms with Gasteiger partial charge in [0.25, 0.3) is 11.8 Å². The molecule has 0 N–H and O–H groups in total. The van der Waals surface area contributed by atoms with Crippen LogP contribution >= 0.6 is 0 Å². The summed E-state index contributed by atoms with van der Waals surface area (Å²) in [6, 6.07) is 8.16. The smallest absolute Gasteiger partial charge is 0.514 e. The highest BCUT2D eigenvalue weighted by Gasteiger charge is 2.32. The molecule has 0 heterocycles. The number of ether oxygens (including phenoxy) is 2. The summed E-state index contributed by atoms with van der Waals surface area (Å²) in [5.74, 6) is -0.798. The lowest BCUT2D eigenvalue weighted by Crippen LogP contribution is -2.27. The van der Waals surface area contributed by atoms with Gasteiger partial charge in [-0.2, -0.15) is 0 Å². The minimum Gasteiger partial charge on any atom is -0.514 e. The fourth-order valence-electron chi connectivity index (χ4n) is 2.09. The molecule has 2 aromatic rings. The van der Waals surface area contributed by atoms with Gasteiger partial charge < -0.3 is 19.4 Å². The number of carboxylic acid groups (broad SMARTS) is 1. The van der Waals surface area contributed by atoms with E-state index in [-0.39, 0.29) is 29.0 Å². The highest BCUT2D eigenvalue weighted by molar-refractivity contribution is 5.61. The molecule has 0 radical (unpaired) electrons. The predicted octanol–water partition coefficient (Wildman–Crippen LogP) is 2.81. The van der Waals surface area contributed by atoms with Gasteiger partial charge in [-0.1, -0.05) is 18.2 Å². The zero-order valence-corrected chi connectivity index (χ0v) is 12.3. The SMILES string of the molecule is O=C([O-])Oc1ccc([N+](=O)[O-])cc1Cc1ccccc1OC(F)(F)F. The number of hydrogen-bond acceptors (Lipinski definition) is 6. The first kappa shape index (κ1) is 18.0. The number of benzene rings is 2. The summed E-state index contributed by atoms with van der Waals surface area (Å²) < 4.78 is 45.7. The Balaban J connectivity index is 2.43. The van der Waals surface area contributed by atoms with Crippen molar-refractivity contribution in [1.82, 2.24) is 0 Å². The Hall–Kier alpha value is -3.30. The number of carbonyl (C=O) groups excluding carboxylic acids is 1. The van der Waals surface area contributed by atoms with Crippen LogP contribution in [0.4, 0.5) is 23.7 Å². The molecule has 0 aliphatic heterocycles. The van der Waals surface area contributed by atoms with Crippen LogP contribution in [-0.2, 0) is 6.42 Å². The summed E-state index contributed by atoms with van der Waals surface area (Å²) in [7, 11) is 0. The molecule has 0 spiro atoms. The molecule has 25 heavy (non-hydrogen) atoms. The summed E-state index contributed by atoms with van der Waals surface area (Å²) in [5, 5.41) is 21.5. The number of non-ortho nitro benzene ring substituents is 1. The number of hydrogen-bond donors (Lipinski definition) is 0. The van der Waals surface area contributed by atoms with E-state index in [0.717, 1.165) is 24.3 Å².